The zero-order chi connectivity index (χ0) is 19.8. The van der Waals surface area contributed by atoms with Gasteiger partial charge in [0.25, 0.3) is 0 Å². The summed E-state index contributed by atoms with van der Waals surface area (Å²) in [7, 11) is 0. The summed E-state index contributed by atoms with van der Waals surface area (Å²) in [6.45, 7) is 1.48. The quantitative estimate of drug-likeness (QED) is 0.684. The third-order valence-corrected chi connectivity index (χ3v) is 5.32. The first-order valence-corrected chi connectivity index (χ1v) is 9.94. The number of pyridine rings is 1. The highest BCUT2D eigenvalue weighted by Crippen LogP contribution is 2.32. The van der Waals surface area contributed by atoms with Crippen LogP contribution in [0.5, 0.6) is 11.5 Å². The molecule has 1 aliphatic heterocycles. The first kappa shape index (κ1) is 17.9. The number of phenolic OH excluding ortho intramolecular Hbond substituents is 1. The van der Waals surface area contributed by atoms with Crippen molar-refractivity contribution in [3.8, 4) is 11.5 Å². The maximum atomic E-state index is 13.9. The van der Waals surface area contributed by atoms with E-state index >= 15 is 0 Å². The van der Waals surface area contributed by atoms with Crippen LogP contribution >= 0.6 is 0 Å². The Morgan fingerprint density at radius 2 is 1.90 bits per heavy atom. The fraction of sp³-hybridized carbons (Fsp3) is 0.381. The molecule has 0 radical (unpaired) electrons. The van der Waals surface area contributed by atoms with Gasteiger partial charge in [-0.2, -0.15) is 0 Å². The van der Waals surface area contributed by atoms with Gasteiger partial charge in [-0.15, -0.1) is 0 Å². The third-order valence-electron chi connectivity index (χ3n) is 5.32. The average Bonchev–Trinajstić information content (AvgIpc) is 3.54. The van der Waals surface area contributed by atoms with Gasteiger partial charge in [0.05, 0.1) is 11.7 Å². The molecule has 3 heterocycles. The minimum absolute atomic E-state index is 0.0831. The molecule has 5 rings (SSSR count). The summed E-state index contributed by atoms with van der Waals surface area (Å²) in [5.41, 5.74) is 1.60. The number of ether oxygens (including phenoxy) is 1. The molecule has 2 aromatic heterocycles. The molecule has 8 heteroatoms. The highest BCUT2D eigenvalue weighted by atomic mass is 19.1. The lowest BCUT2D eigenvalue weighted by molar-refractivity contribution is 0.163. The van der Waals surface area contributed by atoms with Crippen LogP contribution in [-0.2, 0) is 0 Å². The normalized spacial score (nSPS) is 17.5. The zero-order valence-electron chi connectivity index (χ0n) is 15.9. The molecule has 150 valence electrons. The molecule has 2 fully saturated rings. The fourth-order valence-electron chi connectivity index (χ4n) is 3.59. The van der Waals surface area contributed by atoms with Crippen molar-refractivity contribution in [3.05, 3.63) is 42.5 Å². The monoisotopic (exact) mass is 395 g/mol. The van der Waals surface area contributed by atoms with E-state index in [2.05, 4.69) is 15.2 Å². The van der Waals surface area contributed by atoms with Crippen LogP contribution in [-0.4, -0.2) is 45.3 Å². The highest BCUT2D eigenvalue weighted by molar-refractivity contribution is 5.80. The van der Waals surface area contributed by atoms with Crippen molar-refractivity contribution >= 4 is 22.7 Å². The van der Waals surface area contributed by atoms with Gasteiger partial charge in [-0.25, -0.2) is 14.4 Å². The Labute approximate surface area is 167 Å². The number of nitrogens with zero attached hydrogens (tertiary/aromatic N) is 4. The number of rotatable bonds is 5. The number of aromatic nitrogens is 3. The number of halogens is 1. The van der Waals surface area contributed by atoms with E-state index in [-0.39, 0.29) is 17.6 Å². The predicted molar refractivity (Wildman–Crippen MR) is 108 cm³/mol. The minimum atomic E-state index is -0.545. The molecular formula is C21H22FN5O2. The van der Waals surface area contributed by atoms with Crippen LogP contribution in [0.2, 0.25) is 0 Å². The number of hydrogen-bond donors (Lipinski definition) is 2. The SMILES string of the molecule is Oc1ccc(OC2CCN(c3nc4cnccc4nc3NC3CC3)CC2)c(F)c1. The van der Waals surface area contributed by atoms with Crippen LogP contribution < -0.4 is 15.0 Å². The summed E-state index contributed by atoms with van der Waals surface area (Å²) in [6, 6.07) is 6.31. The minimum Gasteiger partial charge on any atom is -0.508 e. The second-order valence-electron chi connectivity index (χ2n) is 7.60. The topological polar surface area (TPSA) is 83.4 Å². The van der Waals surface area contributed by atoms with Crippen LogP contribution in [0.25, 0.3) is 11.0 Å². The summed E-state index contributed by atoms with van der Waals surface area (Å²) in [5, 5.41) is 12.8. The van der Waals surface area contributed by atoms with Crippen molar-refractivity contribution in [1.82, 2.24) is 15.0 Å². The molecule has 0 amide bonds. The van der Waals surface area contributed by atoms with E-state index < -0.39 is 5.82 Å². The predicted octanol–water partition coefficient (Wildman–Crippen LogP) is 3.49. The summed E-state index contributed by atoms with van der Waals surface area (Å²) >= 11 is 0. The highest BCUT2D eigenvalue weighted by Gasteiger charge is 2.28. The van der Waals surface area contributed by atoms with Crippen molar-refractivity contribution in [2.75, 3.05) is 23.3 Å². The molecule has 0 unspecified atom stereocenters. The van der Waals surface area contributed by atoms with Crippen molar-refractivity contribution < 1.29 is 14.2 Å². The summed E-state index contributed by atoms with van der Waals surface area (Å²) in [6.07, 6.45) is 7.18. The van der Waals surface area contributed by atoms with Crippen LogP contribution in [0.1, 0.15) is 25.7 Å². The number of piperidine rings is 1. The van der Waals surface area contributed by atoms with Crippen LogP contribution in [0.4, 0.5) is 16.0 Å². The van der Waals surface area contributed by atoms with Crippen molar-refractivity contribution in [1.29, 1.82) is 0 Å². The Morgan fingerprint density at radius 3 is 2.66 bits per heavy atom. The van der Waals surface area contributed by atoms with Gasteiger partial charge in [-0.3, -0.25) is 4.98 Å². The van der Waals surface area contributed by atoms with Gasteiger partial charge in [0.2, 0.25) is 0 Å². The number of aromatic hydroxyl groups is 1. The lowest BCUT2D eigenvalue weighted by Gasteiger charge is -2.33. The molecule has 1 saturated carbocycles. The van der Waals surface area contributed by atoms with Gasteiger partial charge in [0, 0.05) is 44.2 Å². The van der Waals surface area contributed by atoms with E-state index in [0.29, 0.717) is 6.04 Å². The Bertz CT molecular complexity index is 1030. The van der Waals surface area contributed by atoms with E-state index in [9.17, 15) is 9.50 Å². The molecule has 2 aliphatic rings. The number of hydrogen-bond acceptors (Lipinski definition) is 7. The van der Waals surface area contributed by atoms with Crippen LogP contribution in [0, 0.1) is 5.82 Å². The Kier molecular flexibility index (Phi) is 4.54. The van der Waals surface area contributed by atoms with Crippen LogP contribution in [0.3, 0.4) is 0 Å². The number of benzene rings is 1. The summed E-state index contributed by atoms with van der Waals surface area (Å²) < 4.78 is 19.8. The summed E-state index contributed by atoms with van der Waals surface area (Å²) in [5.74, 6) is 1.18. The van der Waals surface area contributed by atoms with Gasteiger partial charge in [0.1, 0.15) is 17.4 Å². The molecule has 1 aromatic carbocycles. The van der Waals surface area contributed by atoms with Crippen molar-refractivity contribution in [3.63, 3.8) is 0 Å². The van der Waals surface area contributed by atoms with E-state index in [0.717, 1.165) is 67.5 Å². The molecular weight excluding hydrogens is 373 g/mol. The maximum Gasteiger partial charge on any atom is 0.172 e. The number of nitrogens with one attached hydrogen (secondary N) is 1. The second kappa shape index (κ2) is 7.35. The first-order chi connectivity index (χ1) is 14.2. The summed E-state index contributed by atoms with van der Waals surface area (Å²) in [4.78, 5) is 16.0. The largest absolute Gasteiger partial charge is 0.508 e. The smallest absolute Gasteiger partial charge is 0.172 e. The molecule has 1 aliphatic carbocycles. The molecule has 0 atom stereocenters. The van der Waals surface area contributed by atoms with Crippen molar-refractivity contribution in [2.24, 2.45) is 0 Å². The molecule has 0 spiro atoms. The molecule has 2 N–H and O–H groups in total. The van der Waals surface area contributed by atoms with E-state index in [1.165, 1.54) is 12.1 Å². The third kappa shape index (κ3) is 3.87. The fourth-order valence-corrected chi connectivity index (χ4v) is 3.59. The lowest BCUT2D eigenvalue weighted by Crippen LogP contribution is -2.39. The van der Waals surface area contributed by atoms with Gasteiger partial charge in [-0.1, -0.05) is 0 Å². The van der Waals surface area contributed by atoms with Gasteiger partial charge >= 0.3 is 0 Å². The standard InChI is InChI=1S/C21H22FN5O2/c22-16-11-14(28)3-4-19(16)29-15-6-9-27(10-7-15)21-20(24-13-1-2-13)25-17-5-8-23-12-18(17)26-21/h3-5,8,11-13,15,28H,1-2,6-7,9-10H2,(H,24,25). The molecule has 3 aromatic rings. The van der Waals surface area contributed by atoms with Gasteiger partial charge < -0.3 is 20.1 Å². The first-order valence-electron chi connectivity index (χ1n) is 9.94. The number of phenols is 1. The second-order valence-corrected chi connectivity index (χ2v) is 7.60. The Hall–Kier alpha value is -3.16. The van der Waals surface area contributed by atoms with Gasteiger partial charge in [-0.05, 0) is 31.0 Å². The lowest BCUT2D eigenvalue weighted by atomic mass is 10.1. The molecule has 7 nitrogen and oxygen atoms in total. The average molecular weight is 395 g/mol. The van der Waals surface area contributed by atoms with Crippen LogP contribution in [0.15, 0.2) is 36.7 Å². The Balaban J connectivity index is 1.32. The zero-order valence-corrected chi connectivity index (χ0v) is 15.9. The number of fused-ring (bicyclic) bond motifs is 1. The maximum absolute atomic E-state index is 13.9. The van der Waals surface area contributed by atoms with Crippen molar-refractivity contribution in [2.45, 2.75) is 37.8 Å². The Morgan fingerprint density at radius 1 is 1.07 bits per heavy atom. The molecule has 0 bridgehead atoms. The van der Waals surface area contributed by atoms with E-state index in [4.69, 9.17) is 14.7 Å². The van der Waals surface area contributed by atoms with Gasteiger partial charge in [0.15, 0.2) is 23.2 Å². The van der Waals surface area contributed by atoms with E-state index in [1.54, 1.807) is 12.4 Å². The number of anilines is 2. The molecule has 1 saturated heterocycles. The van der Waals surface area contributed by atoms with E-state index in [1.807, 2.05) is 6.07 Å². The molecule has 29 heavy (non-hydrogen) atoms.